The fourth-order valence-electron chi connectivity index (χ4n) is 2.51. The van der Waals surface area contributed by atoms with Gasteiger partial charge >= 0.3 is 0 Å². The fourth-order valence-corrected chi connectivity index (χ4v) is 2.51. The van der Waals surface area contributed by atoms with Crippen LogP contribution in [0.3, 0.4) is 0 Å². The molecule has 2 aromatic rings. The molecule has 1 amide bonds. The first-order chi connectivity index (χ1) is 9.74. The molecule has 3 nitrogen and oxygen atoms in total. The first-order valence-electron chi connectivity index (χ1n) is 6.98. The SMILES string of the molecule is Cc1ccc(C(=O)Nc2cccc3c2NCCC3)cc1. The van der Waals surface area contributed by atoms with Gasteiger partial charge < -0.3 is 10.6 Å². The molecule has 3 rings (SSSR count). The van der Waals surface area contributed by atoms with E-state index in [0.29, 0.717) is 5.56 Å². The minimum absolute atomic E-state index is 0.0641. The third-order valence-electron chi connectivity index (χ3n) is 3.64. The highest BCUT2D eigenvalue weighted by Crippen LogP contribution is 2.30. The number of para-hydroxylation sites is 1. The van der Waals surface area contributed by atoms with Crippen LogP contribution in [-0.4, -0.2) is 12.5 Å². The highest BCUT2D eigenvalue weighted by Gasteiger charge is 2.14. The third-order valence-corrected chi connectivity index (χ3v) is 3.64. The van der Waals surface area contributed by atoms with E-state index in [1.807, 2.05) is 43.3 Å². The summed E-state index contributed by atoms with van der Waals surface area (Å²) in [5.41, 5.74) is 5.05. The molecular formula is C17H18N2O. The molecule has 0 spiro atoms. The molecule has 0 aliphatic carbocycles. The summed E-state index contributed by atoms with van der Waals surface area (Å²) < 4.78 is 0. The maximum atomic E-state index is 12.3. The molecule has 0 saturated carbocycles. The normalized spacial score (nSPS) is 13.2. The van der Waals surface area contributed by atoms with E-state index in [2.05, 4.69) is 16.7 Å². The van der Waals surface area contributed by atoms with Gasteiger partial charge in [-0.15, -0.1) is 0 Å². The molecular weight excluding hydrogens is 248 g/mol. The predicted octanol–water partition coefficient (Wildman–Crippen LogP) is 3.61. The molecule has 0 bridgehead atoms. The summed E-state index contributed by atoms with van der Waals surface area (Å²) in [5.74, 6) is -0.0641. The molecule has 0 atom stereocenters. The van der Waals surface area contributed by atoms with Crippen LogP contribution in [-0.2, 0) is 6.42 Å². The zero-order valence-corrected chi connectivity index (χ0v) is 11.6. The third kappa shape index (κ3) is 2.52. The molecule has 0 radical (unpaired) electrons. The Bertz CT molecular complexity index is 632. The summed E-state index contributed by atoms with van der Waals surface area (Å²) in [4.78, 5) is 12.3. The van der Waals surface area contributed by atoms with Crippen LogP contribution in [0.4, 0.5) is 11.4 Å². The maximum Gasteiger partial charge on any atom is 0.255 e. The van der Waals surface area contributed by atoms with Crippen molar-refractivity contribution in [3.05, 3.63) is 59.2 Å². The second kappa shape index (κ2) is 5.37. The number of hydrogen-bond donors (Lipinski definition) is 2. The lowest BCUT2D eigenvalue weighted by atomic mass is 10.0. The monoisotopic (exact) mass is 266 g/mol. The van der Waals surface area contributed by atoms with Gasteiger partial charge in [0.15, 0.2) is 0 Å². The summed E-state index contributed by atoms with van der Waals surface area (Å²) in [6, 6.07) is 13.7. The van der Waals surface area contributed by atoms with Crippen LogP contribution < -0.4 is 10.6 Å². The lowest BCUT2D eigenvalue weighted by Gasteiger charge is -2.21. The topological polar surface area (TPSA) is 41.1 Å². The summed E-state index contributed by atoms with van der Waals surface area (Å²) in [6.07, 6.45) is 2.21. The van der Waals surface area contributed by atoms with Gasteiger partial charge in [0.05, 0.1) is 11.4 Å². The lowest BCUT2D eigenvalue weighted by Crippen LogP contribution is -2.17. The number of carbonyl (C=O) groups is 1. The van der Waals surface area contributed by atoms with Crippen molar-refractivity contribution in [2.45, 2.75) is 19.8 Å². The molecule has 0 unspecified atom stereocenters. The number of hydrogen-bond acceptors (Lipinski definition) is 2. The summed E-state index contributed by atoms with van der Waals surface area (Å²) >= 11 is 0. The van der Waals surface area contributed by atoms with Crippen molar-refractivity contribution < 1.29 is 4.79 Å². The average molecular weight is 266 g/mol. The predicted molar refractivity (Wildman–Crippen MR) is 82.4 cm³/mol. The summed E-state index contributed by atoms with van der Waals surface area (Å²) in [5, 5.41) is 6.39. The van der Waals surface area contributed by atoms with Gasteiger partial charge in [-0.3, -0.25) is 4.79 Å². The van der Waals surface area contributed by atoms with Crippen LogP contribution in [0.1, 0.15) is 27.9 Å². The molecule has 102 valence electrons. The summed E-state index contributed by atoms with van der Waals surface area (Å²) in [7, 11) is 0. The molecule has 2 N–H and O–H groups in total. The highest BCUT2D eigenvalue weighted by atomic mass is 16.1. The zero-order chi connectivity index (χ0) is 13.9. The minimum Gasteiger partial charge on any atom is -0.383 e. The number of nitrogens with one attached hydrogen (secondary N) is 2. The highest BCUT2D eigenvalue weighted by molar-refractivity contribution is 6.06. The number of amides is 1. The Balaban J connectivity index is 1.84. The van der Waals surface area contributed by atoms with E-state index in [4.69, 9.17) is 0 Å². The van der Waals surface area contributed by atoms with Crippen LogP contribution in [0.2, 0.25) is 0 Å². The quantitative estimate of drug-likeness (QED) is 0.872. The Morgan fingerprint density at radius 2 is 1.95 bits per heavy atom. The van der Waals surface area contributed by atoms with Gasteiger partial charge in [0.25, 0.3) is 5.91 Å². The number of aryl methyl sites for hydroxylation is 2. The van der Waals surface area contributed by atoms with E-state index in [1.54, 1.807) is 0 Å². The second-order valence-corrected chi connectivity index (χ2v) is 5.19. The van der Waals surface area contributed by atoms with Crippen molar-refractivity contribution in [2.24, 2.45) is 0 Å². The van der Waals surface area contributed by atoms with Gasteiger partial charge in [0.1, 0.15) is 0 Å². The van der Waals surface area contributed by atoms with Gasteiger partial charge in [-0.2, -0.15) is 0 Å². The van der Waals surface area contributed by atoms with Crippen LogP contribution in [0.5, 0.6) is 0 Å². The van der Waals surface area contributed by atoms with E-state index in [-0.39, 0.29) is 5.91 Å². The largest absolute Gasteiger partial charge is 0.383 e. The van der Waals surface area contributed by atoms with Gasteiger partial charge in [0, 0.05) is 12.1 Å². The van der Waals surface area contributed by atoms with Crippen LogP contribution in [0.25, 0.3) is 0 Å². The van der Waals surface area contributed by atoms with E-state index in [9.17, 15) is 4.79 Å². The Hall–Kier alpha value is -2.29. The number of rotatable bonds is 2. The van der Waals surface area contributed by atoms with Gasteiger partial charge in [-0.05, 0) is 43.5 Å². The van der Waals surface area contributed by atoms with Gasteiger partial charge in [-0.1, -0.05) is 29.8 Å². The summed E-state index contributed by atoms with van der Waals surface area (Å²) in [6.45, 7) is 2.98. The Morgan fingerprint density at radius 1 is 1.15 bits per heavy atom. The molecule has 1 aliphatic heterocycles. The number of anilines is 2. The van der Waals surface area contributed by atoms with E-state index in [1.165, 1.54) is 5.56 Å². The molecule has 0 saturated heterocycles. The molecule has 1 heterocycles. The molecule has 3 heteroatoms. The Labute approximate surface area is 119 Å². The molecule has 0 fully saturated rings. The van der Waals surface area contributed by atoms with Crippen molar-refractivity contribution in [2.75, 3.05) is 17.2 Å². The van der Waals surface area contributed by atoms with E-state index < -0.39 is 0 Å². The van der Waals surface area contributed by atoms with Gasteiger partial charge in [0.2, 0.25) is 0 Å². The Morgan fingerprint density at radius 3 is 2.75 bits per heavy atom. The van der Waals surface area contributed by atoms with Crippen LogP contribution >= 0.6 is 0 Å². The molecule has 2 aromatic carbocycles. The van der Waals surface area contributed by atoms with Crippen molar-refractivity contribution in [3.8, 4) is 0 Å². The van der Waals surface area contributed by atoms with Crippen molar-refractivity contribution in [1.82, 2.24) is 0 Å². The molecule has 20 heavy (non-hydrogen) atoms. The molecule has 0 aromatic heterocycles. The first-order valence-corrected chi connectivity index (χ1v) is 6.98. The standard InChI is InChI=1S/C17H18N2O/c1-12-7-9-14(10-8-12)17(20)19-15-6-2-4-13-5-3-11-18-16(13)15/h2,4,6-10,18H,3,5,11H2,1H3,(H,19,20). The minimum atomic E-state index is -0.0641. The van der Waals surface area contributed by atoms with Crippen molar-refractivity contribution >= 4 is 17.3 Å². The Kier molecular flexibility index (Phi) is 3.42. The smallest absolute Gasteiger partial charge is 0.255 e. The van der Waals surface area contributed by atoms with Crippen LogP contribution in [0.15, 0.2) is 42.5 Å². The zero-order valence-electron chi connectivity index (χ0n) is 11.6. The fraction of sp³-hybridized carbons (Fsp3) is 0.235. The molecule has 1 aliphatic rings. The van der Waals surface area contributed by atoms with Gasteiger partial charge in [-0.25, -0.2) is 0 Å². The first kappa shape index (κ1) is 12.7. The average Bonchev–Trinajstić information content (AvgIpc) is 2.48. The van der Waals surface area contributed by atoms with E-state index in [0.717, 1.165) is 36.3 Å². The van der Waals surface area contributed by atoms with Crippen LogP contribution in [0, 0.1) is 6.92 Å². The number of carbonyl (C=O) groups excluding carboxylic acids is 1. The maximum absolute atomic E-state index is 12.3. The second-order valence-electron chi connectivity index (χ2n) is 5.19. The number of fused-ring (bicyclic) bond motifs is 1. The number of benzene rings is 2. The van der Waals surface area contributed by atoms with Crippen molar-refractivity contribution in [3.63, 3.8) is 0 Å². The van der Waals surface area contributed by atoms with E-state index >= 15 is 0 Å². The lowest BCUT2D eigenvalue weighted by molar-refractivity contribution is 0.102. The van der Waals surface area contributed by atoms with Crippen molar-refractivity contribution in [1.29, 1.82) is 0 Å².